The van der Waals surface area contributed by atoms with E-state index in [1.165, 1.54) is 6.92 Å². The van der Waals surface area contributed by atoms with Crippen molar-refractivity contribution >= 4 is 29.5 Å². The molecule has 1 aliphatic rings. The molecule has 2 atom stereocenters. The molecule has 0 aromatic heterocycles. The molecule has 0 radical (unpaired) electrons. The third kappa shape index (κ3) is 5.03. The fourth-order valence-corrected chi connectivity index (χ4v) is 2.34. The van der Waals surface area contributed by atoms with E-state index in [0.717, 1.165) is 11.1 Å². The number of anilines is 1. The second kappa shape index (κ2) is 7.78. The zero-order valence-corrected chi connectivity index (χ0v) is 14.3. The monoisotopic (exact) mass is 347 g/mol. The number of hydrogen-bond donors (Lipinski definition) is 3. The second-order valence-electron chi connectivity index (χ2n) is 5.99. The highest BCUT2D eigenvalue weighted by molar-refractivity contribution is 6.04. The minimum Gasteiger partial charge on any atom is -0.453 e. The first-order valence-electron chi connectivity index (χ1n) is 7.95. The predicted octanol–water partition coefficient (Wildman–Crippen LogP) is 1.16. The predicted molar refractivity (Wildman–Crippen MR) is 89.8 cm³/mol. The zero-order valence-electron chi connectivity index (χ0n) is 14.3. The van der Waals surface area contributed by atoms with Gasteiger partial charge in [-0.25, -0.2) is 4.79 Å². The average molecular weight is 347 g/mol. The summed E-state index contributed by atoms with van der Waals surface area (Å²) in [7, 11) is 0. The van der Waals surface area contributed by atoms with E-state index in [1.54, 1.807) is 0 Å². The number of rotatable bonds is 6. The molecule has 4 amide bonds. The molecule has 1 heterocycles. The number of ether oxygens (including phenoxy) is 1. The Labute approximate surface area is 145 Å². The Hall–Kier alpha value is -2.90. The van der Waals surface area contributed by atoms with Crippen molar-refractivity contribution in [2.45, 2.75) is 45.8 Å². The first kappa shape index (κ1) is 18.4. The Balaban J connectivity index is 1.82. The van der Waals surface area contributed by atoms with E-state index in [0.29, 0.717) is 5.69 Å². The van der Waals surface area contributed by atoms with Crippen LogP contribution in [0, 0.1) is 13.8 Å². The highest BCUT2D eigenvalue weighted by atomic mass is 16.5. The third-order valence-corrected chi connectivity index (χ3v) is 3.82. The maximum Gasteiger partial charge on any atom is 0.322 e. The first-order chi connectivity index (χ1) is 11.8. The summed E-state index contributed by atoms with van der Waals surface area (Å²) >= 11 is 0. The largest absolute Gasteiger partial charge is 0.453 e. The van der Waals surface area contributed by atoms with Crippen LogP contribution in [0.4, 0.5) is 10.5 Å². The normalized spacial score (nSPS) is 17.5. The highest BCUT2D eigenvalue weighted by Gasteiger charge is 2.30. The quantitative estimate of drug-likeness (QED) is 0.528. The minimum atomic E-state index is -0.973. The van der Waals surface area contributed by atoms with E-state index in [-0.39, 0.29) is 12.8 Å². The Bertz CT molecular complexity index is 716. The number of carbonyl (C=O) groups excluding carboxylic acids is 4. The van der Waals surface area contributed by atoms with Crippen molar-refractivity contribution in [2.75, 3.05) is 5.32 Å². The van der Waals surface area contributed by atoms with Crippen LogP contribution < -0.4 is 16.0 Å². The Morgan fingerprint density at radius 1 is 1.28 bits per heavy atom. The maximum atomic E-state index is 12.2. The SMILES string of the molecule is Cc1ccc(C)c(NC(=O)[C@H](C)OC(=O)CC[C@@H]2NC(=O)NC2=O)c1. The molecule has 8 nitrogen and oxygen atoms in total. The second-order valence-corrected chi connectivity index (χ2v) is 5.99. The van der Waals surface area contributed by atoms with Gasteiger partial charge in [0.1, 0.15) is 6.04 Å². The number of aryl methyl sites for hydroxylation is 2. The lowest BCUT2D eigenvalue weighted by Gasteiger charge is -2.15. The van der Waals surface area contributed by atoms with Gasteiger partial charge in [0.25, 0.3) is 11.8 Å². The van der Waals surface area contributed by atoms with E-state index < -0.39 is 36.0 Å². The molecule has 0 unspecified atom stereocenters. The molecule has 3 N–H and O–H groups in total. The van der Waals surface area contributed by atoms with Gasteiger partial charge in [-0.05, 0) is 44.4 Å². The fourth-order valence-electron chi connectivity index (χ4n) is 2.34. The van der Waals surface area contributed by atoms with Gasteiger partial charge >= 0.3 is 12.0 Å². The van der Waals surface area contributed by atoms with Crippen molar-refractivity contribution in [2.24, 2.45) is 0 Å². The van der Waals surface area contributed by atoms with Crippen LogP contribution in [-0.4, -0.2) is 36.0 Å². The Morgan fingerprint density at radius 2 is 2.00 bits per heavy atom. The summed E-state index contributed by atoms with van der Waals surface area (Å²) < 4.78 is 5.08. The van der Waals surface area contributed by atoms with Crippen LogP contribution in [0.25, 0.3) is 0 Å². The molecule has 0 spiro atoms. The molecule has 1 aromatic rings. The van der Waals surface area contributed by atoms with Crippen LogP contribution in [0.15, 0.2) is 18.2 Å². The van der Waals surface area contributed by atoms with Crippen molar-refractivity contribution < 1.29 is 23.9 Å². The number of esters is 1. The molecule has 1 saturated heterocycles. The molecule has 8 heteroatoms. The van der Waals surface area contributed by atoms with Gasteiger partial charge in [0.15, 0.2) is 6.10 Å². The van der Waals surface area contributed by atoms with Gasteiger partial charge in [-0.15, -0.1) is 0 Å². The lowest BCUT2D eigenvalue weighted by Crippen LogP contribution is -2.32. The fraction of sp³-hybridized carbons (Fsp3) is 0.412. The van der Waals surface area contributed by atoms with E-state index in [9.17, 15) is 19.2 Å². The summed E-state index contributed by atoms with van der Waals surface area (Å²) in [6.45, 7) is 5.26. The van der Waals surface area contributed by atoms with Crippen molar-refractivity contribution in [3.63, 3.8) is 0 Å². The molecule has 1 aliphatic heterocycles. The van der Waals surface area contributed by atoms with Gasteiger partial charge in [-0.3, -0.25) is 19.7 Å². The number of urea groups is 1. The van der Waals surface area contributed by atoms with Gasteiger partial charge in [-0.2, -0.15) is 0 Å². The summed E-state index contributed by atoms with van der Waals surface area (Å²) in [6, 6.07) is 4.33. The van der Waals surface area contributed by atoms with E-state index >= 15 is 0 Å². The minimum absolute atomic E-state index is 0.0839. The average Bonchev–Trinajstić information content (AvgIpc) is 2.86. The number of imide groups is 1. The molecule has 25 heavy (non-hydrogen) atoms. The Kier molecular flexibility index (Phi) is 5.74. The molecular weight excluding hydrogens is 326 g/mol. The molecule has 2 rings (SSSR count). The number of hydrogen-bond acceptors (Lipinski definition) is 5. The topological polar surface area (TPSA) is 114 Å². The standard InChI is InChI=1S/C17H21N3O5/c1-9-4-5-10(2)13(8-9)18-15(22)11(3)25-14(21)7-6-12-16(23)20-17(24)19-12/h4-5,8,11-12H,6-7H2,1-3H3,(H,18,22)(H2,19,20,23,24)/t11-,12-/m0/s1. The van der Waals surface area contributed by atoms with Crippen molar-refractivity contribution in [1.29, 1.82) is 0 Å². The lowest BCUT2D eigenvalue weighted by atomic mass is 10.1. The van der Waals surface area contributed by atoms with Crippen LogP contribution >= 0.6 is 0 Å². The number of benzene rings is 1. The van der Waals surface area contributed by atoms with E-state index in [2.05, 4.69) is 16.0 Å². The molecule has 134 valence electrons. The van der Waals surface area contributed by atoms with Gasteiger partial charge in [0.05, 0.1) is 0 Å². The van der Waals surface area contributed by atoms with Crippen molar-refractivity contribution in [1.82, 2.24) is 10.6 Å². The summed E-state index contributed by atoms with van der Waals surface area (Å²) in [4.78, 5) is 46.4. The van der Waals surface area contributed by atoms with Gasteiger partial charge in [0, 0.05) is 12.1 Å². The summed E-state index contributed by atoms with van der Waals surface area (Å²) in [5, 5.41) is 7.20. The molecular formula is C17H21N3O5. The molecule has 0 saturated carbocycles. The molecule has 1 aromatic carbocycles. The van der Waals surface area contributed by atoms with Gasteiger partial charge in [-0.1, -0.05) is 12.1 Å². The molecule has 1 fully saturated rings. The number of nitrogens with one attached hydrogen (secondary N) is 3. The van der Waals surface area contributed by atoms with Crippen LogP contribution in [0.2, 0.25) is 0 Å². The summed E-state index contributed by atoms with van der Waals surface area (Å²) in [6.07, 6.45) is -0.944. The van der Waals surface area contributed by atoms with Gasteiger partial charge in [0.2, 0.25) is 0 Å². The van der Waals surface area contributed by atoms with E-state index in [1.807, 2.05) is 32.0 Å². The smallest absolute Gasteiger partial charge is 0.322 e. The summed E-state index contributed by atoms with van der Waals surface area (Å²) in [5.41, 5.74) is 2.57. The number of amides is 4. The zero-order chi connectivity index (χ0) is 18.6. The van der Waals surface area contributed by atoms with Crippen molar-refractivity contribution in [3.8, 4) is 0 Å². The highest BCUT2D eigenvalue weighted by Crippen LogP contribution is 2.17. The van der Waals surface area contributed by atoms with Gasteiger partial charge < -0.3 is 15.4 Å². The molecule has 0 aliphatic carbocycles. The van der Waals surface area contributed by atoms with Crippen LogP contribution in [0.5, 0.6) is 0 Å². The first-order valence-corrected chi connectivity index (χ1v) is 7.95. The van der Waals surface area contributed by atoms with Crippen LogP contribution in [0.1, 0.15) is 30.9 Å². The summed E-state index contributed by atoms with van der Waals surface area (Å²) in [5.74, 6) is -1.52. The lowest BCUT2D eigenvalue weighted by molar-refractivity contribution is -0.153. The van der Waals surface area contributed by atoms with Crippen molar-refractivity contribution in [3.05, 3.63) is 29.3 Å². The third-order valence-electron chi connectivity index (χ3n) is 3.82. The molecule has 0 bridgehead atoms. The van der Waals surface area contributed by atoms with Crippen LogP contribution in [0.3, 0.4) is 0 Å². The van der Waals surface area contributed by atoms with Crippen LogP contribution in [-0.2, 0) is 19.1 Å². The van der Waals surface area contributed by atoms with E-state index in [4.69, 9.17) is 4.74 Å². The Morgan fingerprint density at radius 3 is 2.64 bits per heavy atom. The maximum absolute atomic E-state index is 12.2. The number of carbonyl (C=O) groups is 4.